The number of nitrogens with zero attached hydrogens (tertiary/aromatic N) is 2. The number of aromatic nitrogens is 2. The number of hydrogen-bond donors (Lipinski definition) is 1. The third-order valence-electron chi connectivity index (χ3n) is 3.22. The summed E-state index contributed by atoms with van der Waals surface area (Å²) in [6, 6.07) is 5.95. The van der Waals surface area contributed by atoms with Crippen LogP contribution in [0.25, 0.3) is 0 Å². The molecule has 2 aromatic rings. The van der Waals surface area contributed by atoms with Gasteiger partial charge in [-0.15, -0.1) is 0 Å². The molecule has 0 spiro atoms. The van der Waals surface area contributed by atoms with E-state index in [0.717, 1.165) is 36.7 Å². The van der Waals surface area contributed by atoms with Crippen molar-refractivity contribution in [2.45, 2.75) is 26.6 Å². The average molecular weight is 275 g/mol. The Morgan fingerprint density at radius 2 is 1.95 bits per heavy atom. The largest absolute Gasteiger partial charge is 0.493 e. The van der Waals surface area contributed by atoms with Gasteiger partial charge < -0.3 is 19.4 Å². The van der Waals surface area contributed by atoms with Crippen LogP contribution in [0, 0.1) is 0 Å². The molecule has 1 aromatic carbocycles. The molecule has 0 aliphatic rings. The topological polar surface area (TPSA) is 48.3 Å². The minimum atomic E-state index is 0.750. The second-order valence-corrected chi connectivity index (χ2v) is 4.46. The molecule has 0 aliphatic carbocycles. The maximum atomic E-state index is 5.30. The Morgan fingerprint density at radius 1 is 1.15 bits per heavy atom. The van der Waals surface area contributed by atoms with Crippen LogP contribution in [0.15, 0.2) is 30.7 Å². The minimum absolute atomic E-state index is 0.750. The van der Waals surface area contributed by atoms with Crippen molar-refractivity contribution in [1.29, 1.82) is 0 Å². The van der Waals surface area contributed by atoms with Gasteiger partial charge in [-0.05, 0) is 24.6 Å². The van der Waals surface area contributed by atoms with Crippen molar-refractivity contribution < 1.29 is 9.47 Å². The summed E-state index contributed by atoms with van der Waals surface area (Å²) in [5, 5.41) is 3.41. The number of nitrogens with one attached hydrogen (secondary N) is 1. The highest BCUT2D eigenvalue weighted by Gasteiger charge is 2.05. The van der Waals surface area contributed by atoms with Crippen LogP contribution >= 0.6 is 0 Å². The molecule has 5 heteroatoms. The maximum Gasteiger partial charge on any atom is 0.161 e. The predicted molar refractivity (Wildman–Crippen MR) is 78.0 cm³/mol. The second-order valence-electron chi connectivity index (χ2n) is 4.46. The molecule has 0 saturated carbocycles. The standard InChI is InChI=1S/C15H21N3O2/c1-4-18-11-17-10-13(18)9-16-8-12-5-6-14(19-2)15(7-12)20-3/h5-7,10-11,16H,4,8-9H2,1-3H3. The van der Waals surface area contributed by atoms with E-state index in [-0.39, 0.29) is 0 Å². The van der Waals surface area contributed by atoms with Crippen molar-refractivity contribution in [3.63, 3.8) is 0 Å². The lowest BCUT2D eigenvalue weighted by Crippen LogP contribution is -2.15. The van der Waals surface area contributed by atoms with Gasteiger partial charge >= 0.3 is 0 Å². The molecule has 0 saturated heterocycles. The normalized spacial score (nSPS) is 10.6. The number of aryl methyl sites for hydroxylation is 1. The van der Waals surface area contributed by atoms with Crippen LogP contribution in [0.1, 0.15) is 18.2 Å². The van der Waals surface area contributed by atoms with Gasteiger partial charge in [0.05, 0.1) is 26.2 Å². The van der Waals surface area contributed by atoms with Gasteiger partial charge in [0.15, 0.2) is 11.5 Å². The summed E-state index contributed by atoms with van der Waals surface area (Å²) in [4.78, 5) is 4.16. The van der Waals surface area contributed by atoms with E-state index in [1.54, 1.807) is 14.2 Å². The molecule has 0 atom stereocenters. The molecule has 1 heterocycles. The number of ether oxygens (including phenoxy) is 2. The van der Waals surface area contributed by atoms with Gasteiger partial charge in [0.25, 0.3) is 0 Å². The molecule has 2 rings (SSSR count). The van der Waals surface area contributed by atoms with Crippen LogP contribution in [-0.4, -0.2) is 23.8 Å². The number of rotatable bonds is 7. The van der Waals surface area contributed by atoms with Crippen LogP contribution in [0.2, 0.25) is 0 Å². The van der Waals surface area contributed by atoms with Gasteiger partial charge in [-0.25, -0.2) is 4.98 Å². The summed E-state index contributed by atoms with van der Waals surface area (Å²) in [7, 11) is 3.29. The van der Waals surface area contributed by atoms with E-state index in [4.69, 9.17) is 9.47 Å². The van der Waals surface area contributed by atoms with Gasteiger partial charge in [0.1, 0.15) is 0 Å². The fourth-order valence-corrected chi connectivity index (χ4v) is 2.11. The first kappa shape index (κ1) is 14.4. The zero-order valence-electron chi connectivity index (χ0n) is 12.2. The van der Waals surface area contributed by atoms with Gasteiger partial charge in [0.2, 0.25) is 0 Å². The average Bonchev–Trinajstić information content (AvgIpc) is 2.94. The second kappa shape index (κ2) is 6.96. The molecule has 0 amide bonds. The van der Waals surface area contributed by atoms with Crippen LogP contribution in [-0.2, 0) is 19.6 Å². The monoisotopic (exact) mass is 275 g/mol. The molecule has 0 radical (unpaired) electrons. The fraction of sp³-hybridized carbons (Fsp3) is 0.400. The van der Waals surface area contributed by atoms with Crippen molar-refractivity contribution >= 4 is 0 Å². The first-order valence-electron chi connectivity index (χ1n) is 6.69. The summed E-state index contributed by atoms with van der Waals surface area (Å²) < 4.78 is 12.7. The van der Waals surface area contributed by atoms with Gasteiger partial charge in [0, 0.05) is 25.8 Å². The van der Waals surface area contributed by atoms with Crippen molar-refractivity contribution in [1.82, 2.24) is 14.9 Å². The summed E-state index contributed by atoms with van der Waals surface area (Å²) in [5.41, 5.74) is 2.35. The maximum absolute atomic E-state index is 5.30. The fourth-order valence-electron chi connectivity index (χ4n) is 2.11. The molecule has 108 valence electrons. The lowest BCUT2D eigenvalue weighted by molar-refractivity contribution is 0.354. The third kappa shape index (κ3) is 3.30. The van der Waals surface area contributed by atoms with Crippen molar-refractivity contribution in [3.05, 3.63) is 42.0 Å². The number of methoxy groups -OCH3 is 2. The van der Waals surface area contributed by atoms with Crippen LogP contribution in [0.5, 0.6) is 11.5 Å². The Balaban J connectivity index is 1.94. The molecule has 0 bridgehead atoms. The van der Waals surface area contributed by atoms with Gasteiger partial charge in [-0.2, -0.15) is 0 Å². The SMILES string of the molecule is CCn1cncc1CNCc1ccc(OC)c(OC)c1. The molecule has 20 heavy (non-hydrogen) atoms. The molecule has 5 nitrogen and oxygen atoms in total. The predicted octanol–water partition coefficient (Wildman–Crippen LogP) is 2.21. The van der Waals surface area contributed by atoms with E-state index < -0.39 is 0 Å². The lowest BCUT2D eigenvalue weighted by atomic mass is 10.2. The Hall–Kier alpha value is -2.01. The van der Waals surface area contributed by atoms with Crippen molar-refractivity contribution in [2.75, 3.05) is 14.2 Å². The number of hydrogen-bond acceptors (Lipinski definition) is 4. The molecule has 0 unspecified atom stereocenters. The number of imidazole rings is 1. The highest BCUT2D eigenvalue weighted by atomic mass is 16.5. The summed E-state index contributed by atoms with van der Waals surface area (Å²) in [6.45, 7) is 4.62. The summed E-state index contributed by atoms with van der Waals surface area (Å²) >= 11 is 0. The van der Waals surface area contributed by atoms with Crippen LogP contribution in [0.3, 0.4) is 0 Å². The van der Waals surface area contributed by atoms with E-state index >= 15 is 0 Å². The van der Waals surface area contributed by atoms with Crippen molar-refractivity contribution in [2.24, 2.45) is 0 Å². The Kier molecular flexibility index (Phi) is 5.01. The first-order valence-corrected chi connectivity index (χ1v) is 6.69. The number of benzene rings is 1. The van der Waals surface area contributed by atoms with E-state index in [9.17, 15) is 0 Å². The third-order valence-corrected chi connectivity index (χ3v) is 3.22. The zero-order valence-corrected chi connectivity index (χ0v) is 12.2. The van der Waals surface area contributed by atoms with Crippen LogP contribution in [0.4, 0.5) is 0 Å². The minimum Gasteiger partial charge on any atom is -0.493 e. The molecular weight excluding hydrogens is 254 g/mol. The quantitative estimate of drug-likeness (QED) is 0.841. The van der Waals surface area contributed by atoms with E-state index in [1.165, 1.54) is 5.69 Å². The van der Waals surface area contributed by atoms with Gasteiger partial charge in [-0.1, -0.05) is 6.07 Å². The molecule has 1 N–H and O–H groups in total. The molecule has 0 fully saturated rings. The summed E-state index contributed by atoms with van der Waals surface area (Å²) in [6.07, 6.45) is 3.75. The highest BCUT2D eigenvalue weighted by Crippen LogP contribution is 2.27. The highest BCUT2D eigenvalue weighted by molar-refractivity contribution is 5.42. The van der Waals surface area contributed by atoms with E-state index in [1.807, 2.05) is 30.7 Å². The van der Waals surface area contributed by atoms with E-state index in [2.05, 4.69) is 21.8 Å². The molecular formula is C15H21N3O2. The Morgan fingerprint density at radius 3 is 2.65 bits per heavy atom. The Labute approximate surface area is 119 Å². The van der Waals surface area contributed by atoms with Gasteiger partial charge in [-0.3, -0.25) is 0 Å². The molecule has 0 aliphatic heterocycles. The zero-order chi connectivity index (χ0) is 14.4. The lowest BCUT2D eigenvalue weighted by Gasteiger charge is -2.11. The Bertz CT molecular complexity index is 552. The van der Waals surface area contributed by atoms with E-state index in [0.29, 0.717) is 0 Å². The molecule has 1 aromatic heterocycles. The first-order chi connectivity index (χ1) is 9.78. The van der Waals surface area contributed by atoms with Crippen molar-refractivity contribution in [3.8, 4) is 11.5 Å². The smallest absolute Gasteiger partial charge is 0.161 e. The van der Waals surface area contributed by atoms with Crippen LogP contribution < -0.4 is 14.8 Å². The summed E-state index contributed by atoms with van der Waals surface area (Å²) in [5.74, 6) is 1.51.